The van der Waals surface area contributed by atoms with Crippen molar-refractivity contribution in [3.05, 3.63) is 39.0 Å². The predicted octanol–water partition coefficient (Wildman–Crippen LogP) is -0.0210. The van der Waals surface area contributed by atoms with Gasteiger partial charge in [-0.05, 0) is 37.6 Å². The molecule has 0 aliphatic heterocycles. The largest absolute Gasteiger partial charge is 0.326 e. The third-order valence-corrected chi connectivity index (χ3v) is 5.64. The number of H-pyrrole nitrogens is 2. The molecule has 24 heavy (non-hydrogen) atoms. The summed E-state index contributed by atoms with van der Waals surface area (Å²) in [4.78, 5) is 29.8. The maximum absolute atomic E-state index is 12.4. The number of hydrogen-bond acceptors (Lipinski definition) is 5. The van der Waals surface area contributed by atoms with Gasteiger partial charge in [0.2, 0.25) is 10.0 Å². The average molecular weight is 352 g/mol. The topological polar surface area (TPSA) is 115 Å². The van der Waals surface area contributed by atoms with Crippen LogP contribution in [0.3, 0.4) is 0 Å². The van der Waals surface area contributed by atoms with E-state index >= 15 is 0 Å². The average Bonchev–Trinajstić information content (AvgIpc) is 3.36. The molecule has 1 aliphatic carbocycles. The normalized spacial score (nSPS) is 15.2. The van der Waals surface area contributed by atoms with Gasteiger partial charge in [-0.3, -0.25) is 14.7 Å². The van der Waals surface area contributed by atoms with Gasteiger partial charge in [0.1, 0.15) is 0 Å². The second-order valence-electron chi connectivity index (χ2n) is 5.87. The highest BCUT2D eigenvalue weighted by Gasteiger charge is 2.27. The third-order valence-electron chi connectivity index (χ3n) is 4.18. The molecule has 3 rings (SSSR count). The van der Waals surface area contributed by atoms with Gasteiger partial charge in [0.05, 0.1) is 15.8 Å². The molecule has 9 heteroatoms. The number of rotatable bonds is 7. The molecule has 1 heterocycles. The van der Waals surface area contributed by atoms with Gasteiger partial charge in [-0.25, -0.2) is 17.9 Å². The van der Waals surface area contributed by atoms with Gasteiger partial charge in [0.25, 0.3) is 5.56 Å². The number of aromatic amines is 2. The van der Waals surface area contributed by atoms with Crippen molar-refractivity contribution in [2.75, 3.05) is 19.6 Å². The van der Waals surface area contributed by atoms with Gasteiger partial charge in [0, 0.05) is 19.1 Å². The molecule has 0 saturated heterocycles. The second-order valence-corrected chi connectivity index (χ2v) is 7.64. The van der Waals surface area contributed by atoms with Crippen LogP contribution < -0.4 is 16.0 Å². The van der Waals surface area contributed by atoms with Crippen LogP contribution in [0.25, 0.3) is 10.9 Å². The molecule has 1 saturated carbocycles. The summed E-state index contributed by atoms with van der Waals surface area (Å²) >= 11 is 0. The lowest BCUT2D eigenvalue weighted by Gasteiger charge is -2.19. The predicted molar refractivity (Wildman–Crippen MR) is 90.6 cm³/mol. The molecule has 1 aromatic heterocycles. The van der Waals surface area contributed by atoms with Crippen LogP contribution >= 0.6 is 0 Å². The van der Waals surface area contributed by atoms with E-state index in [1.807, 2.05) is 0 Å². The van der Waals surface area contributed by atoms with E-state index < -0.39 is 21.3 Å². The monoisotopic (exact) mass is 352 g/mol. The maximum Gasteiger partial charge on any atom is 0.326 e. The van der Waals surface area contributed by atoms with Crippen molar-refractivity contribution in [1.82, 2.24) is 19.6 Å². The van der Waals surface area contributed by atoms with Crippen molar-refractivity contribution >= 4 is 20.9 Å². The zero-order valence-corrected chi connectivity index (χ0v) is 14.1. The molecule has 0 radical (unpaired) electrons. The van der Waals surface area contributed by atoms with Crippen molar-refractivity contribution in [2.24, 2.45) is 0 Å². The fraction of sp³-hybridized carbons (Fsp3) is 0.467. The lowest BCUT2D eigenvalue weighted by molar-refractivity contribution is 0.282. The fourth-order valence-electron chi connectivity index (χ4n) is 2.76. The molecule has 1 fully saturated rings. The molecular formula is C15H20N4O4S. The first-order chi connectivity index (χ1) is 11.4. The molecule has 8 nitrogen and oxygen atoms in total. The van der Waals surface area contributed by atoms with Crippen LogP contribution in [-0.2, 0) is 10.0 Å². The third kappa shape index (κ3) is 3.58. The number of hydrogen-bond donors (Lipinski definition) is 3. The Morgan fingerprint density at radius 1 is 1.25 bits per heavy atom. The van der Waals surface area contributed by atoms with E-state index in [-0.39, 0.29) is 10.3 Å². The Bertz CT molecular complexity index is 959. The van der Waals surface area contributed by atoms with E-state index in [1.165, 1.54) is 31.0 Å². The smallest absolute Gasteiger partial charge is 0.307 e. The Labute approximate surface area is 138 Å². The van der Waals surface area contributed by atoms with Crippen LogP contribution in [0.2, 0.25) is 0 Å². The minimum Gasteiger partial charge on any atom is -0.307 e. The quantitative estimate of drug-likeness (QED) is 0.648. The Morgan fingerprint density at radius 3 is 2.67 bits per heavy atom. The molecule has 1 aromatic carbocycles. The van der Waals surface area contributed by atoms with Crippen LogP contribution in [0.15, 0.2) is 32.7 Å². The van der Waals surface area contributed by atoms with Gasteiger partial charge >= 0.3 is 5.69 Å². The molecule has 0 spiro atoms. The van der Waals surface area contributed by atoms with E-state index in [2.05, 4.69) is 26.5 Å². The van der Waals surface area contributed by atoms with Crippen LogP contribution in [-0.4, -0.2) is 49.0 Å². The van der Waals surface area contributed by atoms with Crippen LogP contribution in [0.5, 0.6) is 0 Å². The molecule has 0 atom stereocenters. The number of aromatic nitrogens is 2. The summed E-state index contributed by atoms with van der Waals surface area (Å²) in [6.07, 6.45) is 2.35. The number of fused-ring (bicyclic) bond motifs is 1. The molecule has 1 aliphatic rings. The van der Waals surface area contributed by atoms with E-state index in [4.69, 9.17) is 0 Å². The SMILES string of the molecule is CCN(CCNS(=O)(=O)c1ccc2[nH]c(=O)[nH]c(=O)c2c1)C1CC1. The standard InChI is InChI=1S/C15H20N4O4S/c1-2-19(10-3-4-10)8-7-16-24(22,23)11-5-6-13-12(9-11)14(20)18-15(21)17-13/h5-6,9-10,16H,2-4,7-8H2,1H3,(H2,17,18,20,21). The van der Waals surface area contributed by atoms with Gasteiger partial charge in [0.15, 0.2) is 0 Å². The van der Waals surface area contributed by atoms with Crippen molar-refractivity contribution in [3.63, 3.8) is 0 Å². The first kappa shape index (κ1) is 16.9. The zero-order chi connectivity index (χ0) is 17.3. The Morgan fingerprint density at radius 2 is 2.00 bits per heavy atom. The zero-order valence-electron chi connectivity index (χ0n) is 13.3. The summed E-state index contributed by atoms with van der Waals surface area (Å²) in [5.41, 5.74) is -0.939. The summed E-state index contributed by atoms with van der Waals surface area (Å²) < 4.78 is 27.4. The molecule has 0 unspecified atom stereocenters. The van der Waals surface area contributed by atoms with Crippen molar-refractivity contribution in [3.8, 4) is 0 Å². The molecule has 3 N–H and O–H groups in total. The number of nitrogens with one attached hydrogen (secondary N) is 3. The number of likely N-dealkylation sites (N-methyl/N-ethyl adjacent to an activating group) is 1. The van der Waals surface area contributed by atoms with Crippen molar-refractivity contribution in [2.45, 2.75) is 30.7 Å². The van der Waals surface area contributed by atoms with E-state index in [0.717, 1.165) is 6.54 Å². The first-order valence-corrected chi connectivity index (χ1v) is 9.39. The first-order valence-electron chi connectivity index (χ1n) is 7.91. The van der Waals surface area contributed by atoms with Gasteiger partial charge in [-0.15, -0.1) is 0 Å². The van der Waals surface area contributed by atoms with Gasteiger partial charge in [-0.1, -0.05) is 6.92 Å². The molecule has 0 amide bonds. The van der Waals surface area contributed by atoms with E-state index in [1.54, 1.807) is 0 Å². The number of nitrogens with zero attached hydrogens (tertiary/aromatic N) is 1. The summed E-state index contributed by atoms with van der Waals surface area (Å²) in [5, 5.41) is 0.130. The Hall–Kier alpha value is -1.97. The molecule has 0 bridgehead atoms. The Balaban J connectivity index is 1.77. The molecule has 130 valence electrons. The highest BCUT2D eigenvalue weighted by atomic mass is 32.2. The highest BCUT2D eigenvalue weighted by Crippen LogP contribution is 2.25. The minimum absolute atomic E-state index is 0.00187. The fourth-order valence-corrected chi connectivity index (χ4v) is 3.80. The molecular weight excluding hydrogens is 332 g/mol. The van der Waals surface area contributed by atoms with Crippen LogP contribution in [0, 0.1) is 0 Å². The second kappa shape index (κ2) is 6.50. The van der Waals surface area contributed by atoms with Crippen molar-refractivity contribution < 1.29 is 8.42 Å². The lowest BCUT2D eigenvalue weighted by atomic mass is 10.2. The molecule has 2 aromatic rings. The summed E-state index contributed by atoms with van der Waals surface area (Å²) in [5.74, 6) is 0. The van der Waals surface area contributed by atoms with E-state index in [9.17, 15) is 18.0 Å². The summed E-state index contributed by atoms with van der Waals surface area (Å²) in [6.45, 7) is 3.92. The van der Waals surface area contributed by atoms with Gasteiger partial charge in [-0.2, -0.15) is 0 Å². The van der Waals surface area contributed by atoms with Crippen molar-refractivity contribution in [1.29, 1.82) is 0 Å². The van der Waals surface area contributed by atoms with E-state index in [0.29, 0.717) is 24.6 Å². The lowest BCUT2D eigenvalue weighted by Crippen LogP contribution is -2.36. The highest BCUT2D eigenvalue weighted by molar-refractivity contribution is 7.89. The number of sulfonamides is 1. The summed E-state index contributed by atoms with van der Waals surface area (Å²) in [7, 11) is -3.71. The maximum atomic E-state index is 12.4. The minimum atomic E-state index is -3.71. The van der Waals surface area contributed by atoms with Crippen LogP contribution in [0.1, 0.15) is 19.8 Å². The van der Waals surface area contributed by atoms with Crippen LogP contribution in [0.4, 0.5) is 0 Å². The Kier molecular flexibility index (Phi) is 4.57. The summed E-state index contributed by atoms with van der Waals surface area (Å²) in [6, 6.07) is 4.64. The van der Waals surface area contributed by atoms with Gasteiger partial charge < -0.3 is 4.98 Å². The number of benzene rings is 1.